The largest absolute Gasteiger partial charge is 0.444 e. The maximum absolute atomic E-state index is 12.5. The van der Waals surface area contributed by atoms with Crippen molar-refractivity contribution in [1.29, 1.82) is 0 Å². The number of amides is 2. The van der Waals surface area contributed by atoms with Crippen LogP contribution in [0.5, 0.6) is 0 Å². The van der Waals surface area contributed by atoms with Crippen LogP contribution in [0.25, 0.3) is 0 Å². The molecule has 0 aromatic carbocycles. The third kappa shape index (κ3) is 3.61. The highest BCUT2D eigenvalue weighted by atomic mass is 16.6. The summed E-state index contributed by atoms with van der Waals surface area (Å²) in [6, 6.07) is 3.45. The fraction of sp³-hybridized carbons (Fsp3) is 0.625. The lowest BCUT2D eigenvalue weighted by Gasteiger charge is -2.44. The van der Waals surface area contributed by atoms with E-state index in [0.717, 1.165) is 0 Å². The second-order valence-electron chi connectivity index (χ2n) is 6.88. The maximum atomic E-state index is 12.5. The zero-order valence-corrected chi connectivity index (χ0v) is 13.9. The number of nitrogens with one attached hydrogen (secondary N) is 1. The molecule has 0 bridgehead atoms. The van der Waals surface area contributed by atoms with Crippen LogP contribution in [0.15, 0.2) is 18.3 Å². The Balaban J connectivity index is 2.06. The van der Waals surface area contributed by atoms with Gasteiger partial charge in [0.1, 0.15) is 11.3 Å². The van der Waals surface area contributed by atoms with Crippen molar-refractivity contribution < 1.29 is 14.3 Å². The number of hydrogen-bond acceptors (Lipinski definition) is 3. The Morgan fingerprint density at radius 1 is 1.23 bits per heavy atom. The monoisotopic (exact) mass is 307 g/mol. The van der Waals surface area contributed by atoms with E-state index < -0.39 is 5.60 Å². The summed E-state index contributed by atoms with van der Waals surface area (Å²) in [6.45, 7) is 10.4. The Morgan fingerprint density at radius 3 is 2.27 bits per heavy atom. The van der Waals surface area contributed by atoms with Crippen LogP contribution in [0, 0.1) is 0 Å². The summed E-state index contributed by atoms with van der Waals surface area (Å²) < 4.78 is 5.42. The second-order valence-corrected chi connectivity index (χ2v) is 6.88. The van der Waals surface area contributed by atoms with E-state index in [-0.39, 0.29) is 24.1 Å². The first-order chi connectivity index (χ1) is 10.2. The Kier molecular flexibility index (Phi) is 4.49. The Bertz CT molecular complexity index is 521. The van der Waals surface area contributed by atoms with Gasteiger partial charge in [-0.1, -0.05) is 0 Å². The smallest absolute Gasteiger partial charge is 0.410 e. The molecule has 0 saturated carbocycles. The van der Waals surface area contributed by atoms with Gasteiger partial charge in [-0.2, -0.15) is 0 Å². The van der Waals surface area contributed by atoms with Crippen molar-refractivity contribution in [3.63, 3.8) is 0 Å². The van der Waals surface area contributed by atoms with Gasteiger partial charge >= 0.3 is 6.09 Å². The fourth-order valence-corrected chi connectivity index (χ4v) is 2.80. The van der Waals surface area contributed by atoms with Gasteiger partial charge in [-0.3, -0.25) is 4.79 Å². The molecule has 1 aliphatic rings. The fourth-order valence-electron chi connectivity index (χ4n) is 2.80. The van der Waals surface area contributed by atoms with Gasteiger partial charge in [0.25, 0.3) is 5.91 Å². The minimum Gasteiger partial charge on any atom is -0.444 e. The summed E-state index contributed by atoms with van der Waals surface area (Å²) in [5.74, 6) is -0.0335. The van der Waals surface area contributed by atoms with E-state index in [1.807, 2.05) is 39.5 Å². The highest BCUT2D eigenvalue weighted by molar-refractivity contribution is 5.93. The minimum atomic E-state index is -0.513. The SMILES string of the molecule is C[C@H]1CN(C(=O)OC(C)(C)C)C[C@H](C)N1C(=O)c1ccc[nH]1. The van der Waals surface area contributed by atoms with Crippen LogP contribution in [-0.4, -0.2) is 57.6 Å². The molecule has 22 heavy (non-hydrogen) atoms. The first-order valence-corrected chi connectivity index (χ1v) is 7.63. The number of aromatic nitrogens is 1. The summed E-state index contributed by atoms with van der Waals surface area (Å²) in [6.07, 6.45) is 1.41. The Labute approximate surface area is 131 Å². The third-order valence-corrected chi connectivity index (χ3v) is 3.63. The van der Waals surface area contributed by atoms with E-state index in [1.54, 1.807) is 23.2 Å². The van der Waals surface area contributed by atoms with E-state index >= 15 is 0 Å². The second kappa shape index (κ2) is 6.02. The van der Waals surface area contributed by atoms with E-state index in [2.05, 4.69) is 4.98 Å². The van der Waals surface area contributed by atoms with Gasteiger partial charge < -0.3 is 19.5 Å². The number of ether oxygens (including phenoxy) is 1. The van der Waals surface area contributed by atoms with Crippen molar-refractivity contribution in [2.45, 2.75) is 52.3 Å². The van der Waals surface area contributed by atoms with Crippen molar-refractivity contribution in [2.24, 2.45) is 0 Å². The average Bonchev–Trinajstić information content (AvgIpc) is 2.89. The normalized spacial score (nSPS) is 22.6. The maximum Gasteiger partial charge on any atom is 0.410 e. The zero-order chi connectivity index (χ0) is 16.5. The quantitative estimate of drug-likeness (QED) is 0.867. The standard InChI is InChI=1S/C16H25N3O3/c1-11-9-18(15(21)22-16(3,4)5)10-12(2)19(11)14(20)13-7-6-8-17-13/h6-8,11-12,17H,9-10H2,1-5H3/t11-,12-/m0/s1. The Hall–Kier alpha value is -1.98. The van der Waals surface area contributed by atoms with Crippen LogP contribution in [0.4, 0.5) is 4.79 Å². The summed E-state index contributed by atoms with van der Waals surface area (Å²) in [5, 5.41) is 0. The van der Waals surface area contributed by atoms with Crippen LogP contribution in [-0.2, 0) is 4.74 Å². The molecule has 2 amide bonds. The van der Waals surface area contributed by atoms with Crippen LogP contribution in [0.1, 0.15) is 45.1 Å². The lowest BCUT2D eigenvalue weighted by atomic mass is 10.1. The average molecular weight is 307 g/mol. The molecule has 1 aromatic heterocycles. The van der Waals surface area contributed by atoms with E-state index in [4.69, 9.17) is 4.74 Å². The first kappa shape index (κ1) is 16.4. The lowest BCUT2D eigenvalue weighted by Crippen LogP contribution is -2.60. The number of piperazine rings is 1. The van der Waals surface area contributed by atoms with Gasteiger partial charge in [-0.05, 0) is 46.8 Å². The van der Waals surface area contributed by atoms with Gasteiger partial charge in [-0.15, -0.1) is 0 Å². The summed E-state index contributed by atoms with van der Waals surface area (Å²) in [5.41, 5.74) is 0.0604. The highest BCUT2D eigenvalue weighted by Gasteiger charge is 2.36. The molecular weight excluding hydrogens is 282 g/mol. The molecule has 6 nitrogen and oxygen atoms in total. The molecule has 2 rings (SSSR count). The van der Waals surface area contributed by atoms with Gasteiger partial charge in [-0.25, -0.2) is 4.79 Å². The highest BCUT2D eigenvalue weighted by Crippen LogP contribution is 2.20. The number of aromatic amines is 1. The molecule has 0 spiro atoms. The molecule has 1 saturated heterocycles. The minimum absolute atomic E-state index is 0.0335. The van der Waals surface area contributed by atoms with Crippen molar-refractivity contribution in [1.82, 2.24) is 14.8 Å². The number of carbonyl (C=O) groups excluding carboxylic acids is 2. The van der Waals surface area contributed by atoms with E-state index in [1.165, 1.54) is 0 Å². The first-order valence-electron chi connectivity index (χ1n) is 7.63. The predicted molar refractivity (Wildman–Crippen MR) is 83.7 cm³/mol. The molecule has 1 aromatic rings. The molecule has 0 radical (unpaired) electrons. The molecule has 2 heterocycles. The molecule has 2 atom stereocenters. The number of hydrogen-bond donors (Lipinski definition) is 1. The van der Waals surface area contributed by atoms with E-state index in [9.17, 15) is 9.59 Å². The summed E-state index contributed by atoms with van der Waals surface area (Å²) in [4.78, 5) is 31.2. The van der Waals surface area contributed by atoms with Crippen LogP contribution >= 0.6 is 0 Å². The van der Waals surface area contributed by atoms with Crippen LogP contribution in [0.3, 0.4) is 0 Å². The van der Waals surface area contributed by atoms with Crippen molar-refractivity contribution in [3.8, 4) is 0 Å². The third-order valence-electron chi connectivity index (χ3n) is 3.63. The lowest BCUT2D eigenvalue weighted by molar-refractivity contribution is -0.00501. The van der Waals surface area contributed by atoms with Crippen molar-refractivity contribution in [2.75, 3.05) is 13.1 Å². The number of rotatable bonds is 1. The topological polar surface area (TPSA) is 65.6 Å². The Morgan fingerprint density at radius 2 is 1.82 bits per heavy atom. The number of carbonyl (C=O) groups is 2. The predicted octanol–water partition coefficient (Wildman–Crippen LogP) is 2.48. The van der Waals surface area contributed by atoms with Crippen LogP contribution in [0.2, 0.25) is 0 Å². The zero-order valence-electron chi connectivity index (χ0n) is 13.9. The molecule has 0 unspecified atom stereocenters. The summed E-state index contributed by atoms with van der Waals surface area (Å²) >= 11 is 0. The van der Waals surface area contributed by atoms with Gasteiger partial charge in [0, 0.05) is 31.4 Å². The van der Waals surface area contributed by atoms with Crippen LogP contribution < -0.4 is 0 Å². The number of H-pyrrole nitrogens is 1. The van der Waals surface area contributed by atoms with Gasteiger partial charge in [0.2, 0.25) is 0 Å². The molecular formula is C16H25N3O3. The molecule has 1 aliphatic heterocycles. The van der Waals surface area contributed by atoms with Crippen molar-refractivity contribution in [3.05, 3.63) is 24.0 Å². The molecule has 1 fully saturated rings. The van der Waals surface area contributed by atoms with Crippen molar-refractivity contribution >= 4 is 12.0 Å². The molecule has 6 heteroatoms. The molecule has 1 N–H and O–H groups in total. The molecule has 0 aliphatic carbocycles. The number of nitrogens with zero attached hydrogens (tertiary/aromatic N) is 2. The van der Waals surface area contributed by atoms with Gasteiger partial charge in [0.05, 0.1) is 0 Å². The van der Waals surface area contributed by atoms with Gasteiger partial charge in [0.15, 0.2) is 0 Å². The molecule has 122 valence electrons. The van der Waals surface area contributed by atoms with E-state index in [0.29, 0.717) is 18.8 Å². The summed E-state index contributed by atoms with van der Waals surface area (Å²) in [7, 11) is 0.